The summed E-state index contributed by atoms with van der Waals surface area (Å²) in [6, 6.07) is 63.2. The van der Waals surface area contributed by atoms with Crippen LogP contribution in [0, 0.1) is 0 Å². The van der Waals surface area contributed by atoms with Crippen molar-refractivity contribution in [2.24, 2.45) is 0 Å². The molecule has 4 aromatic heterocycles. The lowest BCUT2D eigenvalue weighted by Crippen LogP contribution is -2.74. The lowest BCUT2D eigenvalue weighted by Gasteiger charge is -2.34. The van der Waals surface area contributed by atoms with Crippen LogP contribution in [0.15, 0.2) is 193 Å². The van der Waals surface area contributed by atoms with Crippen molar-refractivity contribution in [3.05, 3.63) is 188 Å². The monoisotopic (exact) mass is 669 g/mol. The number of fused-ring (bicyclic) bond motifs is 7. The van der Waals surface area contributed by atoms with Crippen LogP contribution in [-0.4, -0.2) is 22.6 Å². The second-order valence-corrected chi connectivity index (χ2v) is 16.8. The van der Waals surface area contributed by atoms with Crippen LogP contribution in [0.25, 0.3) is 60.8 Å². The molecule has 0 aliphatic heterocycles. The van der Waals surface area contributed by atoms with Crippen LogP contribution in [-0.2, 0) is 0 Å². The summed E-state index contributed by atoms with van der Waals surface area (Å²) in [5.41, 5.74) is 5.94. The Hall–Kier alpha value is -6.56. The van der Waals surface area contributed by atoms with E-state index < -0.39 is 8.07 Å². The Morgan fingerprint density at radius 3 is 1.84 bits per heavy atom. The maximum absolute atomic E-state index is 6.67. The molecule has 0 atom stereocenters. The van der Waals surface area contributed by atoms with E-state index >= 15 is 0 Å². The molecule has 51 heavy (non-hydrogen) atoms. The van der Waals surface area contributed by atoms with Gasteiger partial charge >= 0.3 is 0 Å². The Bertz CT molecular complexity index is 2810. The quantitative estimate of drug-likeness (QED) is 0.132. The van der Waals surface area contributed by atoms with Crippen molar-refractivity contribution < 1.29 is 4.42 Å². The number of furan rings is 1. The topological polar surface area (TPSA) is 43.9 Å². The maximum Gasteiger partial charge on any atom is 0.179 e. The van der Waals surface area contributed by atoms with Gasteiger partial charge in [0.15, 0.2) is 13.7 Å². The van der Waals surface area contributed by atoms with Crippen molar-refractivity contribution >= 4 is 72.6 Å². The SMILES string of the molecule is c1ccc([Si](c2ccccc2)(c2cccc(-c3ccccn3)c2)c2ccc3c4ccc5c6ccccc6oc5c4n(-c4ccccn4)c3c2)cc1. The largest absolute Gasteiger partial charge is 0.454 e. The van der Waals surface area contributed by atoms with Crippen LogP contribution in [0.3, 0.4) is 0 Å². The van der Waals surface area contributed by atoms with Crippen molar-refractivity contribution in [1.82, 2.24) is 14.5 Å². The summed E-state index contributed by atoms with van der Waals surface area (Å²) < 4.78 is 8.98. The zero-order valence-electron chi connectivity index (χ0n) is 27.6. The molecule has 0 saturated carbocycles. The average molecular weight is 670 g/mol. The van der Waals surface area contributed by atoms with Gasteiger partial charge in [0.05, 0.1) is 16.7 Å². The predicted molar refractivity (Wildman–Crippen MR) is 213 cm³/mol. The first kappa shape index (κ1) is 29.4. The summed E-state index contributed by atoms with van der Waals surface area (Å²) >= 11 is 0. The van der Waals surface area contributed by atoms with E-state index in [1.54, 1.807) is 0 Å². The van der Waals surface area contributed by atoms with Crippen molar-refractivity contribution in [1.29, 1.82) is 0 Å². The number of aromatic nitrogens is 3. The highest BCUT2D eigenvalue weighted by Gasteiger charge is 2.42. The molecule has 0 radical (unpaired) electrons. The second kappa shape index (κ2) is 11.8. The summed E-state index contributed by atoms with van der Waals surface area (Å²) in [6.07, 6.45) is 3.73. The van der Waals surface area contributed by atoms with Gasteiger partial charge in [0.2, 0.25) is 0 Å². The molecule has 0 bridgehead atoms. The molecule has 0 N–H and O–H groups in total. The van der Waals surface area contributed by atoms with E-state index in [1.165, 1.54) is 20.7 Å². The Labute approximate surface area is 295 Å². The Balaban J connectivity index is 1.35. The highest BCUT2D eigenvalue weighted by Crippen LogP contribution is 2.39. The minimum atomic E-state index is -2.92. The van der Waals surface area contributed by atoms with Crippen LogP contribution in [0.1, 0.15) is 0 Å². The summed E-state index contributed by atoms with van der Waals surface area (Å²) in [5, 5.41) is 9.71. The summed E-state index contributed by atoms with van der Waals surface area (Å²) in [4.78, 5) is 9.66. The van der Waals surface area contributed by atoms with Crippen molar-refractivity contribution in [2.75, 3.05) is 0 Å². The summed E-state index contributed by atoms with van der Waals surface area (Å²) in [5.74, 6) is 0.853. The van der Waals surface area contributed by atoms with Crippen LogP contribution < -0.4 is 20.7 Å². The molecule has 0 aliphatic carbocycles. The van der Waals surface area contributed by atoms with Gasteiger partial charge in [-0.25, -0.2) is 4.98 Å². The van der Waals surface area contributed by atoms with Crippen LogP contribution in [0.4, 0.5) is 0 Å². The molecule has 0 saturated heterocycles. The average Bonchev–Trinajstić information content (AvgIpc) is 3.76. The first-order chi connectivity index (χ1) is 25.3. The zero-order valence-corrected chi connectivity index (χ0v) is 28.6. The molecule has 0 spiro atoms. The number of hydrogen-bond donors (Lipinski definition) is 0. The highest BCUT2D eigenvalue weighted by molar-refractivity contribution is 7.20. The minimum absolute atomic E-state index is 0.853. The summed E-state index contributed by atoms with van der Waals surface area (Å²) in [6.45, 7) is 0. The first-order valence-electron chi connectivity index (χ1n) is 17.2. The highest BCUT2D eigenvalue weighted by atomic mass is 28.3. The fraction of sp³-hybridized carbons (Fsp3) is 0. The number of rotatable bonds is 6. The summed E-state index contributed by atoms with van der Waals surface area (Å²) in [7, 11) is -2.92. The van der Waals surface area contributed by atoms with Gasteiger partial charge in [0.1, 0.15) is 11.4 Å². The number of para-hydroxylation sites is 1. The van der Waals surface area contributed by atoms with Gasteiger partial charge in [0, 0.05) is 39.5 Å². The molecule has 5 heteroatoms. The van der Waals surface area contributed by atoms with Crippen LogP contribution >= 0.6 is 0 Å². The molecule has 10 aromatic rings. The van der Waals surface area contributed by atoms with E-state index in [4.69, 9.17) is 14.4 Å². The maximum atomic E-state index is 6.67. The molecule has 0 unspecified atom stereocenters. The molecule has 4 heterocycles. The third kappa shape index (κ3) is 4.52. The standard InChI is InChI=1S/C46H31N3OSi/c1-3-15-33(16-4-1)51(34-17-5-2-6-18-34,35-19-13-14-32(30-35)41-21-9-11-28-47-41)36-24-25-37-39-26-27-40-38-20-7-8-22-43(38)50-46(40)45(39)49(42(37)31-36)44-23-10-12-29-48-44/h1-31H. The Morgan fingerprint density at radius 2 is 1.10 bits per heavy atom. The third-order valence-electron chi connectivity index (χ3n) is 10.3. The van der Waals surface area contributed by atoms with E-state index in [2.05, 4.69) is 156 Å². The van der Waals surface area contributed by atoms with Gasteiger partial charge in [-0.05, 0) is 63.2 Å². The normalized spacial score (nSPS) is 11.9. The molecule has 240 valence electrons. The van der Waals surface area contributed by atoms with Gasteiger partial charge in [-0.1, -0.05) is 133 Å². The van der Waals surface area contributed by atoms with Crippen molar-refractivity contribution in [2.45, 2.75) is 0 Å². The van der Waals surface area contributed by atoms with Gasteiger partial charge in [-0.3, -0.25) is 9.55 Å². The lowest BCUT2D eigenvalue weighted by molar-refractivity contribution is 0.671. The molecular weight excluding hydrogens is 639 g/mol. The van der Waals surface area contributed by atoms with E-state index in [0.29, 0.717) is 0 Å². The zero-order chi connectivity index (χ0) is 33.8. The van der Waals surface area contributed by atoms with E-state index in [0.717, 1.165) is 60.8 Å². The van der Waals surface area contributed by atoms with Crippen molar-refractivity contribution in [3.63, 3.8) is 0 Å². The molecule has 10 rings (SSSR count). The van der Waals surface area contributed by atoms with E-state index in [9.17, 15) is 0 Å². The number of nitrogens with zero attached hydrogens (tertiary/aromatic N) is 3. The number of pyridine rings is 2. The van der Waals surface area contributed by atoms with Gasteiger partial charge in [-0.15, -0.1) is 0 Å². The van der Waals surface area contributed by atoms with E-state index in [-0.39, 0.29) is 0 Å². The van der Waals surface area contributed by atoms with Crippen molar-refractivity contribution in [3.8, 4) is 17.1 Å². The van der Waals surface area contributed by atoms with E-state index in [1.807, 2.05) is 36.7 Å². The minimum Gasteiger partial charge on any atom is -0.454 e. The fourth-order valence-electron chi connectivity index (χ4n) is 8.06. The predicted octanol–water partition coefficient (Wildman–Crippen LogP) is 8.52. The molecule has 0 fully saturated rings. The fourth-order valence-corrected chi connectivity index (χ4v) is 12.8. The van der Waals surface area contributed by atoms with Crippen LogP contribution in [0.2, 0.25) is 0 Å². The molecular formula is C46H31N3OSi. The van der Waals surface area contributed by atoms with Gasteiger partial charge < -0.3 is 4.42 Å². The molecule has 4 nitrogen and oxygen atoms in total. The number of hydrogen-bond acceptors (Lipinski definition) is 3. The van der Waals surface area contributed by atoms with Gasteiger partial charge in [-0.2, -0.15) is 0 Å². The molecule has 0 aliphatic rings. The lowest BCUT2D eigenvalue weighted by atomic mass is 10.1. The Morgan fingerprint density at radius 1 is 0.451 bits per heavy atom. The second-order valence-electron chi connectivity index (χ2n) is 13.0. The molecule has 0 amide bonds. The Kier molecular flexibility index (Phi) is 6.79. The first-order valence-corrected chi connectivity index (χ1v) is 19.2. The third-order valence-corrected chi connectivity index (χ3v) is 15.0. The van der Waals surface area contributed by atoms with Crippen LogP contribution in [0.5, 0.6) is 0 Å². The van der Waals surface area contributed by atoms with Gasteiger partial charge in [0.25, 0.3) is 0 Å². The smallest absolute Gasteiger partial charge is 0.179 e. The molecule has 6 aromatic carbocycles. The number of benzene rings is 6.